The van der Waals surface area contributed by atoms with Gasteiger partial charge in [-0.1, -0.05) is 32.8 Å². The summed E-state index contributed by atoms with van der Waals surface area (Å²) in [7, 11) is 2.28. The molecule has 1 amide bonds. The van der Waals surface area contributed by atoms with Crippen LogP contribution in [0.25, 0.3) is 0 Å². The predicted octanol–water partition coefficient (Wildman–Crippen LogP) is 3.44. The molecule has 0 spiro atoms. The van der Waals surface area contributed by atoms with Gasteiger partial charge in [-0.25, -0.2) is 4.79 Å². The van der Waals surface area contributed by atoms with E-state index in [-0.39, 0.29) is 23.2 Å². The van der Waals surface area contributed by atoms with Crippen molar-refractivity contribution < 1.29 is 14.3 Å². The van der Waals surface area contributed by atoms with E-state index in [1.165, 1.54) is 50.2 Å². The number of fused-ring (bicyclic) bond motifs is 1. The first-order valence-corrected chi connectivity index (χ1v) is 11.1. The van der Waals surface area contributed by atoms with Crippen molar-refractivity contribution >= 4 is 11.9 Å². The smallest absolute Gasteiger partial charge is 0.334 e. The number of nitrogens with zero attached hydrogens (tertiary/aromatic N) is 1. The highest BCUT2D eigenvalue weighted by atomic mass is 16.5. The lowest BCUT2D eigenvalue weighted by molar-refractivity contribution is -0.140. The molecule has 0 radical (unpaired) electrons. The highest BCUT2D eigenvalue weighted by Gasteiger charge is 2.53. The normalized spacial score (nSPS) is 29.6. The van der Waals surface area contributed by atoms with Gasteiger partial charge in [0.25, 0.3) is 0 Å². The Morgan fingerprint density at radius 3 is 2.76 bits per heavy atom. The summed E-state index contributed by atoms with van der Waals surface area (Å²) in [5.74, 6) is 0.689. The number of rotatable bonds is 4. The van der Waals surface area contributed by atoms with Crippen molar-refractivity contribution in [2.45, 2.75) is 76.8 Å². The summed E-state index contributed by atoms with van der Waals surface area (Å²) >= 11 is 0. The Balaban J connectivity index is 1.63. The molecular formula is C24H34N2O3. The highest BCUT2D eigenvalue weighted by Crippen LogP contribution is 2.55. The van der Waals surface area contributed by atoms with Crippen LogP contribution in [0.1, 0.15) is 64.0 Å². The van der Waals surface area contributed by atoms with E-state index in [2.05, 4.69) is 29.4 Å². The van der Waals surface area contributed by atoms with Gasteiger partial charge in [-0.3, -0.25) is 4.79 Å². The van der Waals surface area contributed by atoms with E-state index in [4.69, 9.17) is 4.74 Å². The van der Waals surface area contributed by atoms with Gasteiger partial charge in [-0.2, -0.15) is 0 Å². The van der Waals surface area contributed by atoms with Crippen molar-refractivity contribution in [3.63, 3.8) is 0 Å². The van der Waals surface area contributed by atoms with Gasteiger partial charge in [0.2, 0.25) is 5.91 Å². The second-order valence-electron chi connectivity index (χ2n) is 9.67. The van der Waals surface area contributed by atoms with E-state index < -0.39 is 6.04 Å². The van der Waals surface area contributed by atoms with Crippen LogP contribution < -0.4 is 10.1 Å². The fourth-order valence-electron chi connectivity index (χ4n) is 6.14. The van der Waals surface area contributed by atoms with Crippen LogP contribution in [0.2, 0.25) is 0 Å². The van der Waals surface area contributed by atoms with E-state index in [0.29, 0.717) is 17.7 Å². The monoisotopic (exact) mass is 398 g/mol. The number of hydrogen-bond donors (Lipinski definition) is 1. The van der Waals surface area contributed by atoms with Gasteiger partial charge in [-0.05, 0) is 74.4 Å². The SMILES string of the molecule is CC(=O)NC(C(=O)Oc1ccc2c(c1)C13CCCCC1C(C2)N(C)CC3)C(C)C. The molecule has 2 bridgehead atoms. The van der Waals surface area contributed by atoms with Gasteiger partial charge < -0.3 is 15.0 Å². The van der Waals surface area contributed by atoms with Crippen LogP contribution in [0.4, 0.5) is 0 Å². The molecule has 2 fully saturated rings. The third-order valence-electron chi connectivity index (χ3n) is 7.58. The molecule has 1 saturated heterocycles. The molecule has 3 aliphatic rings. The molecule has 29 heavy (non-hydrogen) atoms. The van der Waals surface area contributed by atoms with E-state index >= 15 is 0 Å². The molecule has 1 aromatic rings. The van der Waals surface area contributed by atoms with Crippen LogP contribution in [0.5, 0.6) is 5.75 Å². The van der Waals surface area contributed by atoms with Gasteiger partial charge in [-0.15, -0.1) is 0 Å². The molecule has 0 aromatic heterocycles. The van der Waals surface area contributed by atoms with Crippen molar-refractivity contribution in [3.05, 3.63) is 29.3 Å². The number of carbonyl (C=O) groups excluding carboxylic acids is 2. The molecule has 158 valence electrons. The predicted molar refractivity (Wildman–Crippen MR) is 113 cm³/mol. The zero-order valence-electron chi connectivity index (χ0n) is 18.2. The number of nitrogens with one attached hydrogen (secondary N) is 1. The summed E-state index contributed by atoms with van der Waals surface area (Å²) in [6.45, 7) is 6.40. The van der Waals surface area contributed by atoms with Crippen LogP contribution in [0.3, 0.4) is 0 Å². The number of hydrogen-bond acceptors (Lipinski definition) is 4. The Morgan fingerprint density at radius 2 is 2.03 bits per heavy atom. The fraction of sp³-hybridized carbons (Fsp3) is 0.667. The van der Waals surface area contributed by atoms with Gasteiger partial charge >= 0.3 is 5.97 Å². The molecule has 1 saturated carbocycles. The van der Waals surface area contributed by atoms with E-state index in [1.54, 1.807) is 0 Å². The molecule has 4 unspecified atom stereocenters. The van der Waals surface area contributed by atoms with Crippen molar-refractivity contribution in [1.82, 2.24) is 10.2 Å². The molecule has 4 atom stereocenters. The number of ether oxygens (including phenoxy) is 1. The van der Waals surface area contributed by atoms with Crippen LogP contribution in [0, 0.1) is 11.8 Å². The number of benzene rings is 1. The molecule has 1 heterocycles. The molecule has 1 aliphatic heterocycles. The minimum Gasteiger partial charge on any atom is -0.425 e. The highest BCUT2D eigenvalue weighted by molar-refractivity contribution is 5.84. The first-order chi connectivity index (χ1) is 13.8. The maximum Gasteiger partial charge on any atom is 0.334 e. The molecule has 1 N–H and O–H groups in total. The lowest BCUT2D eigenvalue weighted by atomic mass is 9.52. The second-order valence-corrected chi connectivity index (χ2v) is 9.67. The summed E-state index contributed by atoms with van der Waals surface area (Å²) in [5, 5.41) is 2.73. The Kier molecular flexibility index (Phi) is 5.45. The summed E-state index contributed by atoms with van der Waals surface area (Å²) < 4.78 is 5.78. The Hall–Kier alpha value is -1.88. The van der Waals surface area contributed by atoms with Crippen LogP contribution in [-0.4, -0.2) is 42.5 Å². The third kappa shape index (κ3) is 3.58. The number of esters is 1. The van der Waals surface area contributed by atoms with Crippen LogP contribution in [0.15, 0.2) is 18.2 Å². The second kappa shape index (κ2) is 7.75. The average molecular weight is 399 g/mol. The van der Waals surface area contributed by atoms with Crippen molar-refractivity contribution in [2.24, 2.45) is 11.8 Å². The molecule has 2 aliphatic carbocycles. The zero-order chi connectivity index (χ0) is 20.8. The summed E-state index contributed by atoms with van der Waals surface area (Å²) in [5.41, 5.74) is 3.07. The quantitative estimate of drug-likeness (QED) is 0.623. The van der Waals surface area contributed by atoms with E-state index in [0.717, 1.165) is 13.0 Å². The van der Waals surface area contributed by atoms with Gasteiger partial charge in [0.1, 0.15) is 11.8 Å². The molecule has 1 aromatic carbocycles. The average Bonchev–Trinajstić information content (AvgIpc) is 2.69. The lowest BCUT2D eigenvalue weighted by Gasteiger charge is -2.58. The van der Waals surface area contributed by atoms with E-state index in [9.17, 15) is 9.59 Å². The van der Waals surface area contributed by atoms with Gasteiger partial charge in [0.15, 0.2) is 0 Å². The first kappa shape index (κ1) is 20.4. The van der Waals surface area contributed by atoms with Crippen LogP contribution >= 0.6 is 0 Å². The number of amides is 1. The van der Waals surface area contributed by atoms with Crippen molar-refractivity contribution in [1.29, 1.82) is 0 Å². The van der Waals surface area contributed by atoms with Gasteiger partial charge in [0, 0.05) is 18.4 Å². The first-order valence-electron chi connectivity index (χ1n) is 11.1. The van der Waals surface area contributed by atoms with E-state index in [1.807, 2.05) is 19.9 Å². The topological polar surface area (TPSA) is 58.6 Å². The maximum absolute atomic E-state index is 12.8. The Bertz CT molecular complexity index is 805. The molecular weight excluding hydrogens is 364 g/mol. The third-order valence-corrected chi connectivity index (χ3v) is 7.58. The largest absolute Gasteiger partial charge is 0.425 e. The summed E-state index contributed by atoms with van der Waals surface area (Å²) in [6, 6.07) is 6.24. The van der Waals surface area contributed by atoms with Crippen molar-refractivity contribution in [2.75, 3.05) is 13.6 Å². The number of piperidine rings is 1. The van der Waals surface area contributed by atoms with Crippen LogP contribution in [-0.2, 0) is 21.4 Å². The number of carbonyl (C=O) groups is 2. The lowest BCUT2D eigenvalue weighted by Crippen LogP contribution is -2.59. The minimum absolute atomic E-state index is 0.0278. The standard InChI is InChI=1S/C24H34N2O3/c1-15(2)22(25-16(3)27)23(28)29-18-9-8-17-13-21-19-7-5-6-10-24(19,20(17)14-18)11-12-26(21)4/h8-9,14-15,19,21-22H,5-7,10-13H2,1-4H3,(H,25,27). The van der Waals surface area contributed by atoms with Crippen molar-refractivity contribution in [3.8, 4) is 5.75 Å². The number of likely N-dealkylation sites (tertiary alicyclic amines) is 1. The molecule has 5 nitrogen and oxygen atoms in total. The Morgan fingerprint density at radius 1 is 1.24 bits per heavy atom. The number of likely N-dealkylation sites (N-methyl/N-ethyl adjacent to an activating group) is 1. The molecule has 5 heteroatoms. The summed E-state index contributed by atoms with van der Waals surface area (Å²) in [4.78, 5) is 26.8. The molecule has 4 rings (SSSR count). The fourth-order valence-corrected chi connectivity index (χ4v) is 6.14. The zero-order valence-corrected chi connectivity index (χ0v) is 18.2. The minimum atomic E-state index is -0.628. The maximum atomic E-state index is 12.8. The van der Waals surface area contributed by atoms with Gasteiger partial charge in [0.05, 0.1) is 0 Å². The Labute approximate surface area is 174 Å². The summed E-state index contributed by atoms with van der Waals surface area (Å²) in [6.07, 6.45) is 7.44.